The number of hydrogen-bond donors (Lipinski definition) is 10. The van der Waals surface area contributed by atoms with Crippen molar-refractivity contribution in [2.24, 2.45) is 46.3 Å². The summed E-state index contributed by atoms with van der Waals surface area (Å²) in [4.78, 5) is 0. The Morgan fingerprint density at radius 2 is 1.19 bits per heavy atom. The van der Waals surface area contributed by atoms with E-state index in [0.717, 1.165) is 44.1 Å². The largest absolute Gasteiger partial charge is 0.394 e. The van der Waals surface area contributed by atoms with E-state index in [2.05, 4.69) is 26.8 Å². The van der Waals surface area contributed by atoms with Gasteiger partial charge in [-0.25, -0.2) is 0 Å². The topological polar surface area (TPSA) is 267 Å². The van der Waals surface area contributed by atoms with Crippen molar-refractivity contribution in [1.82, 2.24) is 0 Å². The fourth-order valence-electron chi connectivity index (χ4n) is 14.0. The molecular weight excluding hydrogens is 812 g/mol. The first-order chi connectivity index (χ1) is 29.3. The predicted molar refractivity (Wildman–Crippen MR) is 216 cm³/mol. The average molecular weight is 887 g/mol. The smallest absolute Gasteiger partial charge is 0.187 e. The summed E-state index contributed by atoms with van der Waals surface area (Å²) in [7, 11) is 0. The molecule has 17 nitrogen and oxygen atoms in total. The molecular formula is C45H74O17. The Morgan fingerprint density at radius 1 is 0.597 bits per heavy atom. The standard InChI is InChI=1S/C45H74O17/c1-18(2)13-27-31(48)19(3)30-26(58-27)15-25-23-8-7-21-14-22(9-11-44(21,5)24(23)10-12-45(25,30)6)57-42-39(36(53)33(50)28(16-46)59-42)62-43-40(37(54)34(51)29(17-47)60-43)61-41-38(55)35(52)32(49)20(4)56-41/h13,19-43,46-55H,7-12,14-17H2,1-6H3/t19-,20-,21+,22-,23+,24-,25-,26-,27-,28+,29+,30-,31+,32-,33+,34+,35+,36-,37-,38+,39+,40+,41-,42+,43-,44-,45-/m0/s1. The van der Waals surface area contributed by atoms with Gasteiger partial charge in [-0.3, -0.25) is 0 Å². The third-order valence-corrected chi connectivity index (χ3v) is 17.3. The quantitative estimate of drug-likeness (QED) is 0.107. The lowest BCUT2D eigenvalue weighted by Gasteiger charge is -2.61. The van der Waals surface area contributed by atoms with Gasteiger partial charge in [0, 0.05) is 0 Å². The molecule has 4 saturated heterocycles. The molecule has 4 heterocycles. The van der Waals surface area contributed by atoms with Gasteiger partial charge in [0.15, 0.2) is 18.9 Å². The van der Waals surface area contributed by atoms with Gasteiger partial charge in [-0.2, -0.15) is 0 Å². The Kier molecular flexibility index (Phi) is 14.0. The maximum Gasteiger partial charge on any atom is 0.187 e. The third kappa shape index (κ3) is 8.17. The number of rotatable bonds is 9. The molecule has 0 aromatic heterocycles. The molecule has 0 spiro atoms. The Morgan fingerprint density at radius 3 is 1.81 bits per heavy atom. The summed E-state index contributed by atoms with van der Waals surface area (Å²) in [6, 6.07) is 0. The fraction of sp³-hybridized carbons (Fsp3) is 0.956. The number of allylic oxidation sites excluding steroid dienone is 1. The molecule has 8 aliphatic rings. The van der Waals surface area contributed by atoms with Crippen LogP contribution in [0.25, 0.3) is 0 Å². The minimum atomic E-state index is -1.81. The van der Waals surface area contributed by atoms with Crippen molar-refractivity contribution < 1.29 is 84.2 Å². The Labute approximate surface area is 364 Å². The minimum Gasteiger partial charge on any atom is -0.394 e. The molecule has 8 rings (SSSR count). The van der Waals surface area contributed by atoms with Crippen LogP contribution in [0.2, 0.25) is 0 Å². The van der Waals surface area contributed by atoms with Crippen molar-refractivity contribution in [2.45, 2.75) is 209 Å². The number of aliphatic hydroxyl groups is 10. The predicted octanol–water partition coefficient (Wildman–Crippen LogP) is -0.153. The van der Waals surface area contributed by atoms with Gasteiger partial charge in [-0.1, -0.05) is 32.4 Å². The van der Waals surface area contributed by atoms with Crippen LogP contribution in [0.4, 0.5) is 0 Å². The molecule has 4 aliphatic heterocycles. The van der Waals surface area contributed by atoms with Crippen LogP contribution in [0.5, 0.6) is 0 Å². The van der Waals surface area contributed by atoms with Crippen LogP contribution in [0.15, 0.2) is 11.6 Å². The minimum absolute atomic E-state index is 0.0603. The van der Waals surface area contributed by atoms with Crippen LogP contribution < -0.4 is 0 Å². The Balaban J connectivity index is 0.973. The molecule has 10 N–H and O–H groups in total. The highest BCUT2D eigenvalue weighted by atomic mass is 16.8. The number of aliphatic hydroxyl groups excluding tert-OH is 10. The Bertz CT molecular complexity index is 1570. The van der Waals surface area contributed by atoms with Crippen LogP contribution in [0.1, 0.15) is 92.9 Å². The zero-order valence-corrected chi connectivity index (χ0v) is 36.9. The van der Waals surface area contributed by atoms with Crippen molar-refractivity contribution in [3.8, 4) is 0 Å². The summed E-state index contributed by atoms with van der Waals surface area (Å²) in [5, 5.41) is 108. The van der Waals surface area contributed by atoms with Gasteiger partial charge in [0.1, 0.15) is 73.2 Å². The van der Waals surface area contributed by atoms with Gasteiger partial charge in [-0.15, -0.1) is 0 Å². The summed E-state index contributed by atoms with van der Waals surface area (Å²) in [6.07, 6.45) is -14.5. The number of fused-ring (bicyclic) bond motifs is 7. The van der Waals surface area contributed by atoms with Crippen molar-refractivity contribution >= 4 is 0 Å². The second-order valence-electron chi connectivity index (χ2n) is 21.0. The second kappa shape index (κ2) is 18.3. The van der Waals surface area contributed by atoms with Crippen molar-refractivity contribution in [2.75, 3.05) is 13.2 Å². The summed E-state index contributed by atoms with van der Waals surface area (Å²) < 4.78 is 43.1. The molecule has 4 aliphatic carbocycles. The molecule has 4 saturated carbocycles. The van der Waals surface area contributed by atoms with Crippen LogP contribution in [-0.4, -0.2) is 181 Å². The van der Waals surface area contributed by atoms with E-state index in [1.165, 1.54) is 6.92 Å². The van der Waals surface area contributed by atoms with E-state index in [9.17, 15) is 51.1 Å². The van der Waals surface area contributed by atoms with Crippen LogP contribution in [-0.2, 0) is 33.2 Å². The van der Waals surface area contributed by atoms with Crippen molar-refractivity contribution in [3.63, 3.8) is 0 Å². The zero-order chi connectivity index (χ0) is 44.7. The summed E-state index contributed by atoms with van der Waals surface area (Å²) in [5.41, 5.74) is 1.30. The van der Waals surface area contributed by atoms with Gasteiger partial charge < -0.3 is 84.2 Å². The lowest BCUT2D eigenvalue weighted by atomic mass is 9.44. The lowest BCUT2D eigenvalue weighted by Crippen LogP contribution is -2.67. The van der Waals surface area contributed by atoms with E-state index in [4.69, 9.17) is 33.2 Å². The van der Waals surface area contributed by atoms with E-state index in [0.29, 0.717) is 42.4 Å². The van der Waals surface area contributed by atoms with E-state index in [-0.39, 0.29) is 35.1 Å². The van der Waals surface area contributed by atoms with Gasteiger partial charge in [0.2, 0.25) is 0 Å². The molecule has 0 bridgehead atoms. The highest BCUT2D eigenvalue weighted by Gasteiger charge is 2.66. The first-order valence-electron chi connectivity index (χ1n) is 23.2. The lowest BCUT2D eigenvalue weighted by molar-refractivity contribution is -0.395. The van der Waals surface area contributed by atoms with E-state index < -0.39 is 111 Å². The molecule has 0 aromatic rings. The number of hydrogen-bond acceptors (Lipinski definition) is 17. The molecule has 8 fully saturated rings. The third-order valence-electron chi connectivity index (χ3n) is 17.3. The van der Waals surface area contributed by atoms with Crippen molar-refractivity contribution in [3.05, 3.63) is 11.6 Å². The molecule has 0 radical (unpaired) electrons. The number of ether oxygens (including phenoxy) is 7. The average Bonchev–Trinajstić information content (AvgIpc) is 3.54. The van der Waals surface area contributed by atoms with Gasteiger partial charge in [0.05, 0.1) is 37.6 Å². The molecule has 0 aromatic carbocycles. The second-order valence-corrected chi connectivity index (χ2v) is 21.0. The first kappa shape index (κ1) is 47.5. The summed E-state index contributed by atoms with van der Waals surface area (Å²) in [5.74, 6) is 2.36. The van der Waals surface area contributed by atoms with Gasteiger partial charge >= 0.3 is 0 Å². The van der Waals surface area contributed by atoms with Crippen molar-refractivity contribution in [1.29, 1.82) is 0 Å². The monoisotopic (exact) mass is 886 g/mol. The maximum atomic E-state index is 11.5. The van der Waals surface area contributed by atoms with E-state index >= 15 is 0 Å². The van der Waals surface area contributed by atoms with Crippen LogP contribution in [0, 0.1) is 46.3 Å². The molecule has 0 unspecified atom stereocenters. The fourth-order valence-corrected chi connectivity index (χ4v) is 14.0. The normalized spacial score (nSPS) is 56.5. The van der Waals surface area contributed by atoms with E-state index in [1.54, 1.807) is 0 Å². The van der Waals surface area contributed by atoms with Gasteiger partial charge in [0.25, 0.3) is 0 Å². The molecule has 27 atom stereocenters. The highest BCUT2D eigenvalue weighted by molar-refractivity contribution is 5.16. The summed E-state index contributed by atoms with van der Waals surface area (Å²) >= 11 is 0. The maximum absolute atomic E-state index is 11.5. The van der Waals surface area contributed by atoms with Gasteiger partial charge in [-0.05, 0) is 118 Å². The van der Waals surface area contributed by atoms with E-state index in [1.807, 2.05) is 13.8 Å². The first-order valence-corrected chi connectivity index (χ1v) is 23.2. The van der Waals surface area contributed by atoms with Crippen LogP contribution >= 0.6 is 0 Å². The van der Waals surface area contributed by atoms with Crippen LogP contribution in [0.3, 0.4) is 0 Å². The SMILES string of the molecule is CC(C)=C[C@@H]1O[C@H]2C[C@H]3[C@@H]4CC[C@@H]5C[C@@H](O[C@@H]6O[C@H](CO)[C@@H](O)[C@H](O)[C@H]6O[C@@H]6O[C@H](CO)[C@@H](O)[C@H](O)[C@H]6O[C@@H]6O[C@@H](C)[C@H](O)[C@@H](O)[C@H]6O)CC[C@]5(C)[C@H]4CC[C@]3(C)[C@H]2[C@H](C)[C@H]1O. The molecule has 356 valence electrons. The Hall–Kier alpha value is -0.940. The summed E-state index contributed by atoms with van der Waals surface area (Å²) in [6.45, 7) is 11.3. The highest BCUT2D eigenvalue weighted by Crippen LogP contribution is 2.69. The molecule has 0 amide bonds. The molecule has 62 heavy (non-hydrogen) atoms. The zero-order valence-electron chi connectivity index (χ0n) is 36.9. The molecule has 17 heteroatoms.